The Hall–Kier alpha value is -0.0800. The lowest BCUT2D eigenvalue weighted by atomic mass is 10.0. The first kappa shape index (κ1) is 9.92. The van der Waals surface area contributed by atoms with Crippen LogP contribution in [0.15, 0.2) is 0 Å². The summed E-state index contributed by atoms with van der Waals surface area (Å²) in [6.07, 6.45) is 4.12. The molecule has 0 aliphatic heterocycles. The van der Waals surface area contributed by atoms with Crippen LogP contribution in [0.2, 0.25) is 0 Å². The van der Waals surface area contributed by atoms with Gasteiger partial charge in [-0.3, -0.25) is 0 Å². The lowest BCUT2D eigenvalue weighted by molar-refractivity contribution is 0.175. The standard InChI is InChI=1S/C8H18O2/c1-2-3-4-8(7-10)5-6-9/h8-10H,2-7H2,1H3/t8-/m0/s1. The van der Waals surface area contributed by atoms with Crippen LogP contribution >= 0.6 is 0 Å². The maximum absolute atomic E-state index is 8.77. The van der Waals surface area contributed by atoms with Crippen molar-refractivity contribution in [1.82, 2.24) is 0 Å². The van der Waals surface area contributed by atoms with E-state index in [0.717, 1.165) is 19.3 Å². The molecule has 2 nitrogen and oxygen atoms in total. The van der Waals surface area contributed by atoms with Gasteiger partial charge in [0.25, 0.3) is 0 Å². The second kappa shape index (κ2) is 7.03. The fourth-order valence-corrected chi connectivity index (χ4v) is 1.00. The Balaban J connectivity index is 3.21. The van der Waals surface area contributed by atoms with Crippen molar-refractivity contribution in [3.05, 3.63) is 0 Å². The van der Waals surface area contributed by atoms with Gasteiger partial charge in [-0.15, -0.1) is 0 Å². The van der Waals surface area contributed by atoms with Crippen molar-refractivity contribution in [2.45, 2.75) is 32.6 Å². The molecular weight excluding hydrogens is 128 g/mol. The van der Waals surface area contributed by atoms with Gasteiger partial charge < -0.3 is 10.2 Å². The number of aliphatic hydroxyl groups excluding tert-OH is 2. The third-order valence-corrected chi connectivity index (χ3v) is 1.76. The fourth-order valence-electron chi connectivity index (χ4n) is 1.00. The number of unbranched alkanes of at least 4 members (excludes halogenated alkanes) is 1. The van der Waals surface area contributed by atoms with E-state index in [0.29, 0.717) is 5.92 Å². The van der Waals surface area contributed by atoms with Crippen molar-refractivity contribution in [2.75, 3.05) is 13.2 Å². The van der Waals surface area contributed by atoms with Crippen LogP contribution in [0.5, 0.6) is 0 Å². The minimum absolute atomic E-state index is 0.203. The van der Waals surface area contributed by atoms with Crippen LogP contribution in [0, 0.1) is 5.92 Å². The molecule has 62 valence electrons. The maximum atomic E-state index is 8.77. The molecule has 1 atom stereocenters. The lowest BCUT2D eigenvalue weighted by Crippen LogP contribution is -2.07. The molecule has 0 fully saturated rings. The molecule has 0 unspecified atom stereocenters. The Kier molecular flexibility index (Phi) is 6.98. The van der Waals surface area contributed by atoms with Gasteiger partial charge in [-0.05, 0) is 18.8 Å². The van der Waals surface area contributed by atoms with Gasteiger partial charge in [-0.25, -0.2) is 0 Å². The molecule has 0 bridgehead atoms. The summed E-state index contributed by atoms with van der Waals surface area (Å²) in [5.74, 6) is 0.324. The van der Waals surface area contributed by atoms with Gasteiger partial charge in [-0.1, -0.05) is 19.8 Å². The van der Waals surface area contributed by atoms with E-state index < -0.39 is 0 Å². The predicted octanol–water partition coefficient (Wildman–Crippen LogP) is 1.17. The highest BCUT2D eigenvalue weighted by molar-refractivity contribution is 4.56. The van der Waals surface area contributed by atoms with E-state index in [1.54, 1.807) is 0 Å². The normalized spacial score (nSPS) is 13.5. The first-order valence-electron chi connectivity index (χ1n) is 4.06. The SMILES string of the molecule is CCCC[C@H](CO)CCO. The van der Waals surface area contributed by atoms with Crippen LogP contribution in [0.4, 0.5) is 0 Å². The number of aliphatic hydroxyl groups is 2. The molecule has 2 N–H and O–H groups in total. The van der Waals surface area contributed by atoms with E-state index in [2.05, 4.69) is 6.92 Å². The van der Waals surface area contributed by atoms with Gasteiger partial charge in [0.2, 0.25) is 0 Å². The Morgan fingerprint density at radius 2 is 1.90 bits per heavy atom. The van der Waals surface area contributed by atoms with E-state index in [-0.39, 0.29) is 13.2 Å². The van der Waals surface area contributed by atoms with Gasteiger partial charge in [0.1, 0.15) is 0 Å². The van der Waals surface area contributed by atoms with Crippen LogP contribution in [0.25, 0.3) is 0 Å². The van der Waals surface area contributed by atoms with E-state index in [1.165, 1.54) is 6.42 Å². The summed E-state index contributed by atoms with van der Waals surface area (Å²) in [6, 6.07) is 0. The minimum Gasteiger partial charge on any atom is -0.396 e. The highest BCUT2D eigenvalue weighted by Gasteiger charge is 2.04. The second-order valence-electron chi connectivity index (χ2n) is 2.70. The van der Waals surface area contributed by atoms with Crippen LogP contribution < -0.4 is 0 Å². The van der Waals surface area contributed by atoms with Crippen molar-refractivity contribution in [3.8, 4) is 0 Å². The Bertz CT molecular complexity index is 64.3. The molecular formula is C8H18O2. The summed E-state index contributed by atoms with van der Waals surface area (Å²) in [5.41, 5.74) is 0. The van der Waals surface area contributed by atoms with Crippen molar-refractivity contribution < 1.29 is 10.2 Å². The zero-order valence-corrected chi connectivity index (χ0v) is 6.71. The molecule has 2 heteroatoms. The molecule has 0 aromatic carbocycles. The molecule has 0 aromatic rings. The zero-order valence-electron chi connectivity index (χ0n) is 6.71. The first-order valence-corrected chi connectivity index (χ1v) is 4.06. The molecule has 0 rings (SSSR count). The molecule has 0 heterocycles. The van der Waals surface area contributed by atoms with Crippen molar-refractivity contribution >= 4 is 0 Å². The van der Waals surface area contributed by atoms with Crippen molar-refractivity contribution in [3.63, 3.8) is 0 Å². The zero-order chi connectivity index (χ0) is 7.82. The van der Waals surface area contributed by atoms with E-state index >= 15 is 0 Å². The summed E-state index contributed by atoms with van der Waals surface area (Å²) in [4.78, 5) is 0. The number of rotatable bonds is 6. The molecule has 0 aliphatic carbocycles. The van der Waals surface area contributed by atoms with Crippen LogP contribution in [-0.4, -0.2) is 23.4 Å². The largest absolute Gasteiger partial charge is 0.396 e. The topological polar surface area (TPSA) is 40.5 Å². The maximum Gasteiger partial charge on any atom is 0.0460 e. The third-order valence-electron chi connectivity index (χ3n) is 1.76. The summed E-state index contributed by atoms with van der Waals surface area (Å²) in [6.45, 7) is 2.56. The van der Waals surface area contributed by atoms with Crippen LogP contribution in [0.3, 0.4) is 0 Å². The molecule has 10 heavy (non-hydrogen) atoms. The van der Waals surface area contributed by atoms with Gasteiger partial charge in [0.15, 0.2) is 0 Å². The molecule has 0 radical (unpaired) electrons. The van der Waals surface area contributed by atoms with E-state index in [1.807, 2.05) is 0 Å². The molecule has 0 spiro atoms. The highest BCUT2D eigenvalue weighted by atomic mass is 16.3. The Morgan fingerprint density at radius 3 is 2.30 bits per heavy atom. The molecule has 0 saturated carbocycles. The number of hydrogen-bond acceptors (Lipinski definition) is 2. The van der Waals surface area contributed by atoms with Crippen molar-refractivity contribution in [1.29, 1.82) is 0 Å². The average Bonchev–Trinajstić information content (AvgIpc) is 1.98. The number of hydrogen-bond donors (Lipinski definition) is 2. The molecule has 0 aliphatic rings. The highest BCUT2D eigenvalue weighted by Crippen LogP contribution is 2.10. The smallest absolute Gasteiger partial charge is 0.0460 e. The van der Waals surface area contributed by atoms with Gasteiger partial charge in [0.05, 0.1) is 0 Å². The first-order chi connectivity index (χ1) is 4.85. The second-order valence-corrected chi connectivity index (χ2v) is 2.70. The molecule has 0 aromatic heterocycles. The lowest BCUT2D eigenvalue weighted by Gasteiger charge is -2.10. The Labute approximate surface area is 62.9 Å². The Morgan fingerprint density at radius 1 is 1.20 bits per heavy atom. The quantitative estimate of drug-likeness (QED) is 0.590. The average molecular weight is 146 g/mol. The van der Waals surface area contributed by atoms with Crippen LogP contribution in [-0.2, 0) is 0 Å². The minimum atomic E-state index is 0.203. The van der Waals surface area contributed by atoms with Crippen LogP contribution in [0.1, 0.15) is 32.6 Å². The molecule has 0 amide bonds. The summed E-state index contributed by atoms with van der Waals surface area (Å²) < 4.78 is 0. The summed E-state index contributed by atoms with van der Waals surface area (Å²) >= 11 is 0. The van der Waals surface area contributed by atoms with E-state index in [4.69, 9.17) is 10.2 Å². The van der Waals surface area contributed by atoms with E-state index in [9.17, 15) is 0 Å². The fraction of sp³-hybridized carbons (Fsp3) is 1.00. The molecule has 0 saturated heterocycles. The third kappa shape index (κ3) is 4.77. The van der Waals surface area contributed by atoms with Crippen molar-refractivity contribution in [2.24, 2.45) is 5.92 Å². The summed E-state index contributed by atoms with van der Waals surface area (Å²) in [5, 5.41) is 17.3. The van der Waals surface area contributed by atoms with Gasteiger partial charge in [0, 0.05) is 13.2 Å². The van der Waals surface area contributed by atoms with Gasteiger partial charge in [-0.2, -0.15) is 0 Å². The monoisotopic (exact) mass is 146 g/mol. The van der Waals surface area contributed by atoms with Gasteiger partial charge >= 0.3 is 0 Å². The predicted molar refractivity (Wildman–Crippen MR) is 41.8 cm³/mol. The summed E-state index contributed by atoms with van der Waals surface area (Å²) in [7, 11) is 0.